The molecule has 1 aromatic carbocycles. The van der Waals surface area contributed by atoms with Crippen LogP contribution in [0.1, 0.15) is 58.4 Å². The molecule has 0 N–H and O–H groups in total. The highest BCUT2D eigenvalue weighted by molar-refractivity contribution is 9.10. The first-order chi connectivity index (χ1) is 12.3. The second kappa shape index (κ2) is 9.63. The molecule has 146 valence electrons. The van der Waals surface area contributed by atoms with Gasteiger partial charge in [-0.15, -0.1) is 0 Å². The maximum Gasteiger partial charge on any atom is 0.410 e. The van der Waals surface area contributed by atoms with Crippen LogP contribution < -0.4 is 4.74 Å². The molecule has 5 heteroatoms. The molecule has 0 spiro atoms. The molecule has 0 radical (unpaired) electrons. The molecule has 0 aromatic heterocycles. The number of ether oxygens (including phenoxy) is 2. The molecule has 0 aliphatic carbocycles. The van der Waals surface area contributed by atoms with Gasteiger partial charge in [0, 0.05) is 23.1 Å². The van der Waals surface area contributed by atoms with Crippen LogP contribution in [-0.2, 0) is 4.74 Å². The lowest BCUT2D eigenvalue weighted by molar-refractivity contribution is 0.0160. The van der Waals surface area contributed by atoms with Crippen LogP contribution in [-0.4, -0.2) is 36.3 Å². The smallest absolute Gasteiger partial charge is 0.410 e. The number of likely N-dealkylation sites (tertiary alicyclic amines) is 1. The van der Waals surface area contributed by atoms with Crippen molar-refractivity contribution in [1.29, 1.82) is 0 Å². The van der Waals surface area contributed by atoms with Crippen LogP contribution in [0.5, 0.6) is 5.75 Å². The summed E-state index contributed by atoms with van der Waals surface area (Å²) in [6, 6.07) is 6.04. The molecule has 1 amide bonds. The van der Waals surface area contributed by atoms with Crippen LogP contribution in [0, 0.1) is 12.8 Å². The maximum atomic E-state index is 12.2. The quantitative estimate of drug-likeness (QED) is 0.528. The minimum Gasteiger partial charge on any atom is -0.493 e. The van der Waals surface area contributed by atoms with E-state index in [9.17, 15) is 4.79 Å². The van der Waals surface area contributed by atoms with Gasteiger partial charge >= 0.3 is 6.09 Å². The molecular weight excluding hydrogens is 394 g/mol. The lowest BCUT2D eigenvalue weighted by atomic mass is 9.93. The van der Waals surface area contributed by atoms with Crippen LogP contribution in [0.25, 0.3) is 0 Å². The monoisotopic (exact) mass is 425 g/mol. The summed E-state index contributed by atoms with van der Waals surface area (Å²) in [5, 5.41) is 0. The highest BCUT2D eigenvalue weighted by Crippen LogP contribution is 2.26. The van der Waals surface area contributed by atoms with Crippen molar-refractivity contribution in [2.75, 3.05) is 19.7 Å². The number of hydrogen-bond donors (Lipinski definition) is 0. The van der Waals surface area contributed by atoms with Gasteiger partial charge in [0.1, 0.15) is 11.4 Å². The van der Waals surface area contributed by atoms with Gasteiger partial charge in [-0.25, -0.2) is 4.79 Å². The Morgan fingerprint density at radius 1 is 1.31 bits per heavy atom. The van der Waals surface area contributed by atoms with Crippen molar-refractivity contribution in [3.05, 3.63) is 28.2 Å². The van der Waals surface area contributed by atoms with E-state index in [1.165, 1.54) is 6.42 Å². The Morgan fingerprint density at radius 3 is 2.81 bits per heavy atom. The number of rotatable bonds is 6. The lowest BCUT2D eigenvalue weighted by Crippen LogP contribution is -2.42. The molecule has 1 aliphatic rings. The van der Waals surface area contributed by atoms with Gasteiger partial charge in [0.2, 0.25) is 0 Å². The Morgan fingerprint density at radius 2 is 2.08 bits per heavy atom. The molecule has 1 saturated heterocycles. The van der Waals surface area contributed by atoms with Crippen LogP contribution >= 0.6 is 15.9 Å². The summed E-state index contributed by atoms with van der Waals surface area (Å²) in [4.78, 5) is 14.1. The summed E-state index contributed by atoms with van der Waals surface area (Å²) in [5.41, 5.74) is 0.721. The first kappa shape index (κ1) is 21.1. The minimum atomic E-state index is -0.425. The molecule has 26 heavy (non-hydrogen) atoms. The van der Waals surface area contributed by atoms with E-state index in [1.807, 2.05) is 43.9 Å². The molecule has 0 saturated carbocycles. The Hall–Kier alpha value is -1.23. The molecular formula is C21H32BrNO3. The summed E-state index contributed by atoms with van der Waals surface area (Å²) >= 11 is 3.53. The average Bonchev–Trinajstić information content (AvgIpc) is 2.57. The minimum absolute atomic E-state index is 0.171. The fraction of sp³-hybridized carbons (Fsp3) is 0.667. The number of carbonyl (C=O) groups is 1. The molecule has 1 aromatic rings. The third-order valence-electron chi connectivity index (χ3n) is 4.65. The van der Waals surface area contributed by atoms with Crippen molar-refractivity contribution in [2.45, 2.75) is 65.4 Å². The molecule has 1 fully saturated rings. The zero-order valence-electron chi connectivity index (χ0n) is 16.5. The van der Waals surface area contributed by atoms with Crippen molar-refractivity contribution in [1.82, 2.24) is 4.90 Å². The fourth-order valence-electron chi connectivity index (χ4n) is 3.25. The Balaban J connectivity index is 1.68. The van der Waals surface area contributed by atoms with Gasteiger partial charge in [-0.05, 0) is 77.8 Å². The number of piperidine rings is 1. The highest BCUT2D eigenvalue weighted by Gasteiger charge is 2.27. The van der Waals surface area contributed by atoms with Gasteiger partial charge in [-0.2, -0.15) is 0 Å². The van der Waals surface area contributed by atoms with E-state index in [1.54, 1.807) is 0 Å². The molecule has 4 nitrogen and oxygen atoms in total. The van der Waals surface area contributed by atoms with Crippen LogP contribution in [0.15, 0.2) is 22.7 Å². The van der Waals surface area contributed by atoms with Crippen molar-refractivity contribution < 1.29 is 14.3 Å². The number of hydrogen-bond acceptors (Lipinski definition) is 3. The summed E-state index contributed by atoms with van der Waals surface area (Å²) in [6.07, 6.45) is 5.40. The summed E-state index contributed by atoms with van der Waals surface area (Å²) < 4.78 is 12.5. The predicted molar refractivity (Wildman–Crippen MR) is 109 cm³/mol. The van der Waals surface area contributed by atoms with E-state index >= 15 is 0 Å². The van der Waals surface area contributed by atoms with E-state index in [4.69, 9.17) is 9.47 Å². The van der Waals surface area contributed by atoms with Crippen LogP contribution in [0.2, 0.25) is 0 Å². The topological polar surface area (TPSA) is 38.8 Å². The van der Waals surface area contributed by atoms with Gasteiger partial charge in [0.25, 0.3) is 0 Å². The Kier molecular flexibility index (Phi) is 7.81. The molecule has 1 aliphatic heterocycles. The van der Waals surface area contributed by atoms with E-state index in [-0.39, 0.29) is 6.09 Å². The molecule has 0 bridgehead atoms. The van der Waals surface area contributed by atoms with Gasteiger partial charge in [-0.3, -0.25) is 0 Å². The number of unbranched alkanes of at least 4 members (excludes halogenated alkanes) is 1. The average molecular weight is 426 g/mol. The second-order valence-electron chi connectivity index (χ2n) is 8.14. The zero-order chi connectivity index (χ0) is 19.2. The SMILES string of the molecule is Cc1c(Br)cccc1OCCCC[C@H]1CCCN(C(=O)OC(C)(C)C)C1. The maximum absolute atomic E-state index is 12.2. The highest BCUT2D eigenvalue weighted by atomic mass is 79.9. The summed E-state index contributed by atoms with van der Waals surface area (Å²) in [6.45, 7) is 10.2. The van der Waals surface area contributed by atoms with Crippen molar-refractivity contribution in [3.8, 4) is 5.75 Å². The van der Waals surface area contributed by atoms with Crippen molar-refractivity contribution in [2.24, 2.45) is 5.92 Å². The summed E-state index contributed by atoms with van der Waals surface area (Å²) in [7, 11) is 0. The third kappa shape index (κ3) is 6.82. The van der Waals surface area contributed by atoms with Crippen LogP contribution in [0.3, 0.4) is 0 Å². The van der Waals surface area contributed by atoms with Crippen LogP contribution in [0.4, 0.5) is 4.79 Å². The predicted octanol–water partition coefficient (Wildman–Crippen LogP) is 5.95. The van der Waals surface area contributed by atoms with Gasteiger partial charge in [0.05, 0.1) is 6.61 Å². The first-order valence-electron chi connectivity index (χ1n) is 9.62. The fourth-order valence-corrected chi connectivity index (χ4v) is 3.60. The van der Waals surface area contributed by atoms with Gasteiger partial charge < -0.3 is 14.4 Å². The zero-order valence-corrected chi connectivity index (χ0v) is 18.1. The number of benzene rings is 1. The van der Waals surface area contributed by atoms with E-state index in [0.29, 0.717) is 5.92 Å². The molecule has 1 atom stereocenters. The molecule has 0 unspecified atom stereocenters. The number of carbonyl (C=O) groups excluding carboxylic acids is 1. The Labute approximate surface area is 166 Å². The van der Waals surface area contributed by atoms with Crippen molar-refractivity contribution in [3.63, 3.8) is 0 Å². The van der Waals surface area contributed by atoms with E-state index < -0.39 is 5.60 Å². The van der Waals surface area contributed by atoms with Crippen molar-refractivity contribution >= 4 is 22.0 Å². The van der Waals surface area contributed by atoms with Gasteiger partial charge in [-0.1, -0.05) is 22.0 Å². The largest absolute Gasteiger partial charge is 0.493 e. The van der Waals surface area contributed by atoms with Gasteiger partial charge in [0.15, 0.2) is 0 Å². The number of nitrogens with zero attached hydrogens (tertiary/aromatic N) is 1. The third-order valence-corrected chi connectivity index (χ3v) is 5.51. The standard InChI is InChI=1S/C21H32BrNO3/c1-16-18(22)11-7-12-19(16)25-14-6-5-9-17-10-8-13-23(15-17)20(24)26-21(2,3)4/h7,11-12,17H,5-6,8-10,13-15H2,1-4H3/t17-/m0/s1. The Bertz CT molecular complexity index is 597. The molecule has 2 rings (SSSR count). The normalized spacial score (nSPS) is 17.9. The molecule has 1 heterocycles. The summed E-state index contributed by atoms with van der Waals surface area (Å²) in [5.74, 6) is 1.53. The number of halogens is 1. The lowest BCUT2D eigenvalue weighted by Gasteiger charge is -2.34. The first-order valence-corrected chi connectivity index (χ1v) is 10.4. The van der Waals surface area contributed by atoms with E-state index in [0.717, 1.165) is 61.2 Å². The second-order valence-corrected chi connectivity index (χ2v) is 9.00. The number of amides is 1. The van der Waals surface area contributed by atoms with E-state index in [2.05, 4.69) is 22.9 Å².